The molecule has 0 unspecified atom stereocenters. The summed E-state index contributed by atoms with van der Waals surface area (Å²) in [5.74, 6) is 0.0832. The lowest BCUT2D eigenvalue weighted by Crippen LogP contribution is -2.01. The molecule has 0 fully saturated rings. The Morgan fingerprint density at radius 3 is 2.67 bits per heavy atom. The summed E-state index contributed by atoms with van der Waals surface area (Å²) in [4.78, 5) is 13.0. The van der Waals surface area contributed by atoms with E-state index in [0.29, 0.717) is 0 Å². The summed E-state index contributed by atoms with van der Waals surface area (Å²) >= 11 is 3.59. The maximum absolute atomic E-state index is 13.0. The van der Waals surface area contributed by atoms with Gasteiger partial charge in [0.25, 0.3) is 0 Å². The number of unbranched alkanes of at least 4 members (excludes halogenated alkanes) is 3. The number of carbonyl (C=O) groups is 1. The topological polar surface area (TPSA) is 22.0 Å². The van der Waals surface area contributed by atoms with Crippen molar-refractivity contribution in [2.45, 2.75) is 39.2 Å². The van der Waals surface area contributed by atoms with E-state index in [9.17, 15) is 4.79 Å². The summed E-state index contributed by atoms with van der Waals surface area (Å²) in [7, 11) is 0. The number of fused-ring (bicyclic) bond motifs is 1. The first-order valence-electron chi connectivity index (χ1n) is 8.59. The molecular formula is C21H22BrNO. The van der Waals surface area contributed by atoms with Gasteiger partial charge in [-0.2, -0.15) is 0 Å². The molecule has 0 amide bonds. The molecular weight excluding hydrogens is 362 g/mol. The standard InChI is InChI=1S/C21H22BrNO/c1-2-3-4-7-13-23-15-17(14-20(23)22)21(24)19-12-8-10-16-9-5-6-11-18(16)19/h5-6,8-12,14-15H,2-4,7,13H2,1H3. The predicted molar refractivity (Wildman–Crippen MR) is 104 cm³/mol. The lowest BCUT2D eigenvalue weighted by Gasteiger charge is -2.05. The molecule has 2 aromatic carbocycles. The molecule has 0 spiro atoms. The SMILES string of the molecule is CCCCCCn1cc(C(=O)c2cccc3ccccc23)cc1Br. The van der Waals surface area contributed by atoms with Crippen LogP contribution in [0.1, 0.15) is 48.5 Å². The van der Waals surface area contributed by atoms with Crippen LogP contribution in [-0.4, -0.2) is 10.4 Å². The Labute approximate surface area is 151 Å². The highest BCUT2D eigenvalue weighted by atomic mass is 79.9. The van der Waals surface area contributed by atoms with Crippen LogP contribution in [0.15, 0.2) is 59.3 Å². The van der Waals surface area contributed by atoms with Crippen molar-refractivity contribution in [3.8, 4) is 0 Å². The molecule has 3 heteroatoms. The largest absolute Gasteiger partial charge is 0.342 e. The van der Waals surface area contributed by atoms with Crippen molar-refractivity contribution in [3.63, 3.8) is 0 Å². The van der Waals surface area contributed by atoms with Gasteiger partial charge in [-0.05, 0) is 39.2 Å². The molecule has 1 heterocycles. The van der Waals surface area contributed by atoms with Crippen molar-refractivity contribution in [2.24, 2.45) is 0 Å². The van der Waals surface area contributed by atoms with Crippen molar-refractivity contribution in [1.82, 2.24) is 4.57 Å². The number of aromatic nitrogens is 1. The lowest BCUT2D eigenvalue weighted by molar-refractivity contribution is 0.104. The number of nitrogens with zero attached hydrogens (tertiary/aromatic N) is 1. The summed E-state index contributed by atoms with van der Waals surface area (Å²) in [6, 6.07) is 15.9. The van der Waals surface area contributed by atoms with Crippen molar-refractivity contribution in [2.75, 3.05) is 0 Å². The maximum Gasteiger partial charge on any atom is 0.195 e. The number of hydrogen-bond donors (Lipinski definition) is 0. The van der Waals surface area contributed by atoms with Gasteiger partial charge in [-0.1, -0.05) is 68.7 Å². The summed E-state index contributed by atoms with van der Waals surface area (Å²) in [6.45, 7) is 3.16. The molecule has 2 nitrogen and oxygen atoms in total. The van der Waals surface area contributed by atoms with E-state index in [-0.39, 0.29) is 5.78 Å². The Hall–Kier alpha value is -1.87. The smallest absolute Gasteiger partial charge is 0.195 e. The van der Waals surface area contributed by atoms with Gasteiger partial charge in [0.1, 0.15) is 0 Å². The molecule has 0 aliphatic carbocycles. The Bertz CT molecular complexity index is 845. The molecule has 0 aliphatic heterocycles. The minimum absolute atomic E-state index is 0.0832. The first kappa shape index (κ1) is 17.0. The minimum Gasteiger partial charge on any atom is -0.342 e. The zero-order valence-corrected chi connectivity index (χ0v) is 15.6. The van der Waals surface area contributed by atoms with E-state index in [4.69, 9.17) is 0 Å². The first-order valence-corrected chi connectivity index (χ1v) is 9.38. The lowest BCUT2D eigenvalue weighted by atomic mass is 9.99. The number of ketones is 1. The summed E-state index contributed by atoms with van der Waals surface area (Å²) < 4.78 is 3.11. The maximum atomic E-state index is 13.0. The molecule has 124 valence electrons. The van der Waals surface area contributed by atoms with Crippen molar-refractivity contribution in [3.05, 3.63) is 70.5 Å². The molecule has 3 aromatic rings. The van der Waals surface area contributed by atoms with Crippen molar-refractivity contribution >= 4 is 32.5 Å². The zero-order chi connectivity index (χ0) is 16.9. The summed E-state index contributed by atoms with van der Waals surface area (Å²) in [5, 5.41) is 2.11. The number of rotatable bonds is 7. The summed E-state index contributed by atoms with van der Waals surface area (Å²) in [5.41, 5.74) is 1.51. The molecule has 0 saturated heterocycles. The highest BCUT2D eigenvalue weighted by Crippen LogP contribution is 2.24. The van der Waals surface area contributed by atoms with Gasteiger partial charge in [-0.25, -0.2) is 0 Å². The second-order valence-corrected chi connectivity index (χ2v) is 6.97. The Balaban J connectivity index is 1.85. The van der Waals surface area contributed by atoms with Gasteiger partial charge in [0.2, 0.25) is 0 Å². The number of carbonyl (C=O) groups excluding carboxylic acids is 1. The van der Waals surface area contributed by atoms with E-state index >= 15 is 0 Å². The van der Waals surface area contributed by atoms with Gasteiger partial charge in [-0.3, -0.25) is 4.79 Å². The third-order valence-corrected chi connectivity index (χ3v) is 5.08. The van der Waals surface area contributed by atoms with E-state index in [0.717, 1.165) is 39.5 Å². The fourth-order valence-electron chi connectivity index (χ4n) is 3.06. The third-order valence-electron chi connectivity index (χ3n) is 4.39. The second kappa shape index (κ2) is 7.80. The Kier molecular flexibility index (Phi) is 5.52. The molecule has 1 aromatic heterocycles. The van der Waals surface area contributed by atoms with Crippen molar-refractivity contribution in [1.29, 1.82) is 0 Å². The van der Waals surface area contributed by atoms with Crippen LogP contribution in [0.25, 0.3) is 10.8 Å². The fourth-order valence-corrected chi connectivity index (χ4v) is 3.59. The highest BCUT2D eigenvalue weighted by molar-refractivity contribution is 9.10. The van der Waals surface area contributed by atoms with Gasteiger partial charge in [-0.15, -0.1) is 0 Å². The van der Waals surface area contributed by atoms with E-state index in [1.54, 1.807) is 0 Å². The Morgan fingerprint density at radius 1 is 1.04 bits per heavy atom. The number of benzene rings is 2. The van der Waals surface area contributed by atoms with Crippen LogP contribution in [0.2, 0.25) is 0 Å². The molecule has 0 aliphatic rings. The van der Waals surface area contributed by atoms with Gasteiger partial charge in [0, 0.05) is 23.9 Å². The third kappa shape index (κ3) is 3.62. The average Bonchev–Trinajstić information content (AvgIpc) is 2.98. The minimum atomic E-state index is 0.0832. The molecule has 0 radical (unpaired) electrons. The van der Waals surface area contributed by atoms with Crippen LogP contribution in [0.4, 0.5) is 0 Å². The number of halogens is 1. The normalized spacial score (nSPS) is 11.1. The van der Waals surface area contributed by atoms with Gasteiger partial charge >= 0.3 is 0 Å². The molecule has 0 saturated carbocycles. The first-order chi connectivity index (χ1) is 11.7. The van der Waals surface area contributed by atoms with Crippen LogP contribution >= 0.6 is 15.9 Å². The van der Waals surface area contributed by atoms with Gasteiger partial charge in [0.05, 0.1) is 4.60 Å². The van der Waals surface area contributed by atoms with E-state index in [1.807, 2.05) is 54.7 Å². The quantitative estimate of drug-likeness (QED) is 0.350. The van der Waals surface area contributed by atoms with Crippen LogP contribution in [0, 0.1) is 0 Å². The molecule has 3 rings (SSSR count). The Morgan fingerprint density at radius 2 is 1.83 bits per heavy atom. The van der Waals surface area contributed by atoms with Crippen LogP contribution in [-0.2, 0) is 6.54 Å². The second-order valence-electron chi connectivity index (χ2n) is 6.16. The molecule has 24 heavy (non-hydrogen) atoms. The molecule has 0 atom stereocenters. The fraction of sp³-hybridized carbons (Fsp3) is 0.286. The highest BCUT2D eigenvalue weighted by Gasteiger charge is 2.15. The van der Waals surface area contributed by atoms with Gasteiger partial charge in [0.15, 0.2) is 5.78 Å². The van der Waals surface area contributed by atoms with Crippen molar-refractivity contribution < 1.29 is 4.79 Å². The van der Waals surface area contributed by atoms with E-state index in [2.05, 4.69) is 27.4 Å². The monoisotopic (exact) mass is 383 g/mol. The zero-order valence-electron chi connectivity index (χ0n) is 14.0. The predicted octanol–water partition coefficient (Wildman–Crippen LogP) is 6.22. The summed E-state index contributed by atoms with van der Waals surface area (Å²) in [6.07, 6.45) is 6.84. The van der Waals surface area contributed by atoms with E-state index in [1.165, 1.54) is 19.3 Å². The van der Waals surface area contributed by atoms with Crippen LogP contribution in [0.3, 0.4) is 0 Å². The number of hydrogen-bond acceptors (Lipinski definition) is 1. The number of aryl methyl sites for hydroxylation is 1. The molecule has 0 N–H and O–H groups in total. The molecule has 0 bridgehead atoms. The van der Waals surface area contributed by atoms with Crippen LogP contribution < -0.4 is 0 Å². The van der Waals surface area contributed by atoms with Crippen LogP contribution in [0.5, 0.6) is 0 Å². The average molecular weight is 384 g/mol. The van der Waals surface area contributed by atoms with E-state index < -0.39 is 0 Å². The van der Waals surface area contributed by atoms with Gasteiger partial charge < -0.3 is 4.57 Å².